The van der Waals surface area contributed by atoms with Crippen LogP contribution in [-0.2, 0) is 4.74 Å². The summed E-state index contributed by atoms with van der Waals surface area (Å²) >= 11 is 0. The zero-order chi connectivity index (χ0) is 16.6. The van der Waals surface area contributed by atoms with E-state index in [-0.39, 0.29) is 18.6 Å². The number of rotatable bonds is 6. The SMILES string of the molecule is OC/C(=C/C=C/c1ccccc1)[C@@H](c1ccccc1)[C@@H]1CCCO1. The first-order valence-corrected chi connectivity index (χ1v) is 8.58. The Balaban J connectivity index is 1.86. The molecule has 1 aliphatic rings. The molecule has 0 aromatic heterocycles. The van der Waals surface area contributed by atoms with Crippen molar-refractivity contribution < 1.29 is 9.84 Å². The fraction of sp³-hybridized carbons (Fsp3) is 0.273. The predicted molar refractivity (Wildman–Crippen MR) is 98.8 cm³/mol. The highest BCUT2D eigenvalue weighted by molar-refractivity contribution is 5.51. The largest absolute Gasteiger partial charge is 0.392 e. The molecular weight excluding hydrogens is 296 g/mol. The molecule has 0 amide bonds. The minimum Gasteiger partial charge on any atom is -0.392 e. The van der Waals surface area contributed by atoms with Gasteiger partial charge in [0.2, 0.25) is 0 Å². The van der Waals surface area contributed by atoms with Crippen molar-refractivity contribution in [1.82, 2.24) is 0 Å². The first kappa shape index (κ1) is 16.7. The Morgan fingerprint density at radius 1 is 1.08 bits per heavy atom. The summed E-state index contributed by atoms with van der Waals surface area (Å²) in [5.74, 6) is 0.110. The average Bonchev–Trinajstić information content (AvgIpc) is 3.17. The van der Waals surface area contributed by atoms with Crippen LogP contribution < -0.4 is 0 Å². The molecule has 124 valence electrons. The van der Waals surface area contributed by atoms with E-state index in [1.54, 1.807) is 0 Å². The van der Waals surface area contributed by atoms with Crippen molar-refractivity contribution in [2.24, 2.45) is 0 Å². The van der Waals surface area contributed by atoms with Gasteiger partial charge in [0.25, 0.3) is 0 Å². The van der Waals surface area contributed by atoms with Gasteiger partial charge in [-0.15, -0.1) is 0 Å². The third-order valence-corrected chi connectivity index (χ3v) is 4.48. The summed E-state index contributed by atoms with van der Waals surface area (Å²) < 4.78 is 5.94. The number of hydrogen-bond acceptors (Lipinski definition) is 2. The standard InChI is InChI=1S/C22H24O2/c23-17-20(14-7-11-18-9-3-1-4-10-18)22(21-15-8-16-24-21)19-12-5-2-6-13-19/h1-7,9-14,21-23H,8,15-17H2/b11-7+,20-14-/t21-,22+/m0/s1. The molecule has 0 unspecified atom stereocenters. The van der Waals surface area contributed by atoms with Gasteiger partial charge in [0.05, 0.1) is 12.7 Å². The van der Waals surface area contributed by atoms with E-state index in [1.165, 1.54) is 5.56 Å². The smallest absolute Gasteiger partial charge is 0.0682 e. The highest BCUT2D eigenvalue weighted by atomic mass is 16.5. The van der Waals surface area contributed by atoms with Crippen molar-refractivity contribution in [2.75, 3.05) is 13.2 Å². The highest BCUT2D eigenvalue weighted by Crippen LogP contribution is 2.34. The second kappa shape index (κ2) is 8.62. The minimum absolute atomic E-state index is 0.0402. The quantitative estimate of drug-likeness (QED) is 0.789. The summed E-state index contributed by atoms with van der Waals surface area (Å²) in [6.07, 6.45) is 8.40. The third kappa shape index (κ3) is 4.22. The van der Waals surface area contributed by atoms with Crippen LogP contribution in [0.4, 0.5) is 0 Å². The molecule has 1 heterocycles. The Bertz CT molecular complexity index is 668. The molecule has 2 nitrogen and oxygen atoms in total. The predicted octanol–water partition coefficient (Wildman–Crippen LogP) is 4.58. The highest BCUT2D eigenvalue weighted by Gasteiger charge is 2.29. The molecule has 2 aromatic rings. The van der Waals surface area contributed by atoms with Crippen LogP contribution in [0.25, 0.3) is 6.08 Å². The molecule has 0 aliphatic carbocycles. The van der Waals surface area contributed by atoms with Crippen LogP contribution in [0, 0.1) is 0 Å². The average molecular weight is 320 g/mol. The van der Waals surface area contributed by atoms with E-state index in [9.17, 15) is 5.11 Å². The molecule has 1 fully saturated rings. The third-order valence-electron chi connectivity index (χ3n) is 4.48. The van der Waals surface area contributed by atoms with Crippen LogP contribution in [0.2, 0.25) is 0 Å². The van der Waals surface area contributed by atoms with Gasteiger partial charge in [-0.3, -0.25) is 0 Å². The van der Waals surface area contributed by atoms with Gasteiger partial charge in [0.1, 0.15) is 0 Å². The van der Waals surface area contributed by atoms with Crippen molar-refractivity contribution >= 4 is 6.08 Å². The lowest BCUT2D eigenvalue weighted by atomic mass is 9.85. The Kier molecular flexibility index (Phi) is 6.00. The van der Waals surface area contributed by atoms with Gasteiger partial charge in [-0.1, -0.05) is 78.9 Å². The molecule has 2 atom stereocenters. The normalized spacial score (nSPS) is 19.7. The summed E-state index contributed by atoms with van der Waals surface area (Å²) in [7, 11) is 0. The van der Waals surface area contributed by atoms with Gasteiger partial charge in [-0.2, -0.15) is 0 Å². The van der Waals surface area contributed by atoms with Crippen LogP contribution in [0.3, 0.4) is 0 Å². The Labute approximate surface area is 144 Å². The first-order valence-electron chi connectivity index (χ1n) is 8.58. The molecule has 0 saturated carbocycles. The van der Waals surface area contributed by atoms with Gasteiger partial charge in [-0.05, 0) is 29.5 Å². The van der Waals surface area contributed by atoms with E-state index in [0.717, 1.165) is 30.6 Å². The van der Waals surface area contributed by atoms with E-state index in [2.05, 4.69) is 30.3 Å². The zero-order valence-corrected chi connectivity index (χ0v) is 13.8. The number of benzene rings is 2. The summed E-state index contributed by atoms with van der Waals surface area (Å²) in [5, 5.41) is 9.96. The molecule has 1 aliphatic heterocycles. The van der Waals surface area contributed by atoms with Gasteiger partial charge in [-0.25, -0.2) is 0 Å². The molecule has 2 heteroatoms. The molecule has 2 aromatic carbocycles. The maximum absolute atomic E-state index is 9.96. The van der Waals surface area contributed by atoms with Crippen molar-refractivity contribution in [3.8, 4) is 0 Å². The number of hydrogen-bond donors (Lipinski definition) is 1. The molecule has 0 spiro atoms. The fourth-order valence-electron chi connectivity index (χ4n) is 3.30. The summed E-state index contributed by atoms with van der Waals surface area (Å²) in [6, 6.07) is 20.6. The molecule has 1 N–H and O–H groups in total. The van der Waals surface area contributed by atoms with Crippen molar-refractivity contribution in [1.29, 1.82) is 0 Å². The van der Waals surface area contributed by atoms with Crippen LogP contribution in [-0.4, -0.2) is 24.4 Å². The van der Waals surface area contributed by atoms with Crippen LogP contribution >= 0.6 is 0 Å². The van der Waals surface area contributed by atoms with Gasteiger partial charge >= 0.3 is 0 Å². The number of ether oxygens (including phenoxy) is 1. The Morgan fingerprint density at radius 2 is 1.79 bits per heavy atom. The lowest BCUT2D eigenvalue weighted by Crippen LogP contribution is -2.21. The Hall–Kier alpha value is -2.16. The molecule has 1 saturated heterocycles. The monoisotopic (exact) mass is 320 g/mol. The lowest BCUT2D eigenvalue weighted by molar-refractivity contribution is 0.0940. The number of aliphatic hydroxyl groups is 1. The molecule has 3 rings (SSSR count). The van der Waals surface area contributed by atoms with Crippen molar-refractivity contribution in [3.63, 3.8) is 0 Å². The van der Waals surface area contributed by atoms with Crippen LogP contribution in [0.1, 0.15) is 29.9 Å². The molecule has 0 radical (unpaired) electrons. The maximum Gasteiger partial charge on any atom is 0.0682 e. The van der Waals surface area contributed by atoms with Gasteiger partial charge in [0.15, 0.2) is 0 Å². The van der Waals surface area contributed by atoms with Crippen molar-refractivity contribution in [2.45, 2.75) is 24.9 Å². The topological polar surface area (TPSA) is 29.5 Å². The molecule has 0 bridgehead atoms. The van der Waals surface area contributed by atoms with E-state index < -0.39 is 0 Å². The van der Waals surface area contributed by atoms with Crippen LogP contribution in [0.5, 0.6) is 0 Å². The molecule has 24 heavy (non-hydrogen) atoms. The summed E-state index contributed by atoms with van der Waals surface area (Å²) in [5.41, 5.74) is 3.36. The Morgan fingerprint density at radius 3 is 2.42 bits per heavy atom. The molecular formula is C22H24O2. The summed E-state index contributed by atoms with van der Waals surface area (Å²) in [6.45, 7) is 0.852. The zero-order valence-electron chi connectivity index (χ0n) is 13.8. The first-order chi connectivity index (χ1) is 11.9. The van der Waals surface area contributed by atoms with Crippen LogP contribution in [0.15, 0.2) is 78.4 Å². The fourth-order valence-corrected chi connectivity index (χ4v) is 3.30. The summed E-state index contributed by atoms with van der Waals surface area (Å²) in [4.78, 5) is 0. The van der Waals surface area contributed by atoms with E-state index in [0.29, 0.717) is 0 Å². The maximum atomic E-state index is 9.96. The van der Waals surface area contributed by atoms with Crippen molar-refractivity contribution in [3.05, 3.63) is 89.5 Å². The van der Waals surface area contributed by atoms with Gasteiger partial charge in [0, 0.05) is 12.5 Å². The number of aliphatic hydroxyl groups excluding tert-OH is 1. The minimum atomic E-state index is 0.0402. The van der Waals surface area contributed by atoms with E-state index in [1.807, 2.05) is 48.6 Å². The van der Waals surface area contributed by atoms with Gasteiger partial charge < -0.3 is 9.84 Å². The van der Waals surface area contributed by atoms with E-state index in [4.69, 9.17) is 4.74 Å². The lowest BCUT2D eigenvalue weighted by Gasteiger charge is -2.25. The second-order valence-electron chi connectivity index (χ2n) is 6.11. The number of allylic oxidation sites excluding steroid dienone is 2. The van der Waals surface area contributed by atoms with E-state index >= 15 is 0 Å². The second-order valence-corrected chi connectivity index (χ2v) is 6.11.